The lowest BCUT2D eigenvalue weighted by Crippen LogP contribution is -2.34. The second-order valence-electron chi connectivity index (χ2n) is 4.06. The predicted molar refractivity (Wildman–Crippen MR) is 66.9 cm³/mol. The van der Waals surface area contributed by atoms with Gasteiger partial charge in [-0.2, -0.15) is 0 Å². The van der Waals surface area contributed by atoms with E-state index < -0.39 is 5.82 Å². The molecule has 0 spiro atoms. The number of hydrogen-bond donors (Lipinski definition) is 2. The van der Waals surface area contributed by atoms with Crippen molar-refractivity contribution in [2.45, 2.75) is 19.9 Å². The van der Waals surface area contributed by atoms with E-state index in [-0.39, 0.29) is 18.4 Å². The van der Waals surface area contributed by atoms with Crippen molar-refractivity contribution in [2.24, 2.45) is 0 Å². The Bertz CT molecular complexity index is 383. The summed E-state index contributed by atoms with van der Waals surface area (Å²) < 4.78 is 18.3. The summed E-state index contributed by atoms with van der Waals surface area (Å²) >= 11 is 0. The van der Waals surface area contributed by atoms with E-state index in [9.17, 15) is 4.39 Å². The van der Waals surface area contributed by atoms with E-state index in [4.69, 9.17) is 15.6 Å². The van der Waals surface area contributed by atoms with Crippen LogP contribution in [0.5, 0.6) is 5.75 Å². The molecule has 0 bridgehead atoms. The van der Waals surface area contributed by atoms with Gasteiger partial charge in [0.05, 0.1) is 25.1 Å². The highest BCUT2D eigenvalue weighted by atomic mass is 19.1. The number of nitrogen functional groups attached to an aromatic ring is 1. The molecule has 0 unspecified atom stereocenters. The SMILES string of the molecule is COc1cc(N(CCO)C(C)C)c(N)cc1F. The Kier molecular flexibility index (Phi) is 4.57. The molecule has 4 nitrogen and oxygen atoms in total. The van der Waals surface area contributed by atoms with Crippen molar-refractivity contribution in [1.82, 2.24) is 0 Å². The van der Waals surface area contributed by atoms with E-state index >= 15 is 0 Å². The molecule has 1 aromatic rings. The molecule has 0 aliphatic rings. The van der Waals surface area contributed by atoms with Gasteiger partial charge in [-0.25, -0.2) is 4.39 Å². The molecule has 0 heterocycles. The van der Waals surface area contributed by atoms with Crippen LogP contribution in [0, 0.1) is 5.82 Å². The smallest absolute Gasteiger partial charge is 0.167 e. The van der Waals surface area contributed by atoms with E-state index in [2.05, 4.69) is 0 Å². The molecule has 3 N–H and O–H groups in total. The Hall–Kier alpha value is -1.49. The third kappa shape index (κ3) is 3.00. The normalized spacial score (nSPS) is 10.7. The molecule has 0 aliphatic carbocycles. The minimum absolute atomic E-state index is 0.0112. The highest BCUT2D eigenvalue weighted by Gasteiger charge is 2.16. The van der Waals surface area contributed by atoms with Gasteiger partial charge in [0.25, 0.3) is 0 Å². The molecule has 0 aromatic heterocycles. The third-order valence-electron chi connectivity index (χ3n) is 2.57. The van der Waals surface area contributed by atoms with Crippen LogP contribution in [0.1, 0.15) is 13.8 Å². The summed E-state index contributed by atoms with van der Waals surface area (Å²) in [5, 5.41) is 9.03. The van der Waals surface area contributed by atoms with E-state index in [1.807, 2.05) is 18.7 Å². The fourth-order valence-electron chi connectivity index (χ4n) is 1.73. The Balaban J connectivity index is 3.18. The first-order chi connectivity index (χ1) is 8.01. The average molecular weight is 242 g/mol. The lowest BCUT2D eigenvalue weighted by Gasteiger charge is -2.29. The average Bonchev–Trinajstić information content (AvgIpc) is 2.26. The van der Waals surface area contributed by atoms with Crippen LogP contribution in [0.15, 0.2) is 12.1 Å². The van der Waals surface area contributed by atoms with Crippen molar-refractivity contribution in [2.75, 3.05) is 30.9 Å². The van der Waals surface area contributed by atoms with E-state index in [1.54, 1.807) is 6.07 Å². The van der Waals surface area contributed by atoms with Crippen LogP contribution in [0.4, 0.5) is 15.8 Å². The van der Waals surface area contributed by atoms with Gasteiger partial charge in [0.15, 0.2) is 11.6 Å². The van der Waals surface area contributed by atoms with Crippen LogP contribution >= 0.6 is 0 Å². The summed E-state index contributed by atoms with van der Waals surface area (Å²) in [6.45, 7) is 4.41. The van der Waals surface area contributed by atoms with Crippen molar-refractivity contribution < 1.29 is 14.2 Å². The van der Waals surface area contributed by atoms with Crippen molar-refractivity contribution in [3.05, 3.63) is 17.9 Å². The third-order valence-corrected chi connectivity index (χ3v) is 2.57. The second-order valence-corrected chi connectivity index (χ2v) is 4.06. The fraction of sp³-hybridized carbons (Fsp3) is 0.500. The van der Waals surface area contributed by atoms with E-state index in [0.29, 0.717) is 17.9 Å². The number of aliphatic hydroxyl groups is 1. The number of nitrogens with two attached hydrogens (primary N) is 1. The summed E-state index contributed by atoms with van der Waals surface area (Å²) in [5.41, 5.74) is 6.81. The lowest BCUT2D eigenvalue weighted by atomic mass is 10.2. The second kappa shape index (κ2) is 5.72. The van der Waals surface area contributed by atoms with Crippen LogP contribution in [-0.2, 0) is 0 Å². The Morgan fingerprint density at radius 2 is 2.12 bits per heavy atom. The maximum atomic E-state index is 13.4. The number of rotatable bonds is 5. The monoisotopic (exact) mass is 242 g/mol. The van der Waals surface area contributed by atoms with Gasteiger partial charge >= 0.3 is 0 Å². The van der Waals surface area contributed by atoms with Crippen molar-refractivity contribution in [1.29, 1.82) is 0 Å². The van der Waals surface area contributed by atoms with Crippen molar-refractivity contribution in [3.8, 4) is 5.75 Å². The van der Waals surface area contributed by atoms with Crippen LogP contribution in [0.25, 0.3) is 0 Å². The number of ether oxygens (including phenoxy) is 1. The fourth-order valence-corrected chi connectivity index (χ4v) is 1.73. The summed E-state index contributed by atoms with van der Waals surface area (Å²) in [5.74, 6) is -0.334. The van der Waals surface area contributed by atoms with Gasteiger partial charge < -0.3 is 20.5 Å². The minimum atomic E-state index is -0.485. The first-order valence-electron chi connectivity index (χ1n) is 5.51. The first-order valence-corrected chi connectivity index (χ1v) is 5.51. The number of halogens is 1. The summed E-state index contributed by atoms with van der Waals surface area (Å²) in [6.07, 6.45) is 0. The van der Waals surface area contributed by atoms with Gasteiger partial charge in [-0.1, -0.05) is 0 Å². The van der Waals surface area contributed by atoms with Crippen molar-refractivity contribution in [3.63, 3.8) is 0 Å². The molecule has 17 heavy (non-hydrogen) atoms. The highest BCUT2D eigenvalue weighted by molar-refractivity contribution is 5.70. The van der Waals surface area contributed by atoms with Gasteiger partial charge in [-0.3, -0.25) is 0 Å². The number of aliphatic hydroxyl groups excluding tert-OH is 1. The number of anilines is 2. The van der Waals surface area contributed by atoms with E-state index in [0.717, 1.165) is 0 Å². The van der Waals surface area contributed by atoms with Crippen LogP contribution < -0.4 is 15.4 Å². The molecule has 0 saturated carbocycles. The molecule has 1 rings (SSSR count). The standard InChI is InChI=1S/C12H19FN2O2/c1-8(2)15(4-5-16)11-7-12(17-3)9(13)6-10(11)14/h6-8,16H,4-5,14H2,1-3H3. The molecule has 0 atom stereocenters. The summed E-state index contributed by atoms with van der Waals surface area (Å²) in [4.78, 5) is 1.90. The Labute approximate surface area is 101 Å². The molecular formula is C12H19FN2O2. The largest absolute Gasteiger partial charge is 0.494 e. The number of benzene rings is 1. The quantitative estimate of drug-likeness (QED) is 0.770. The van der Waals surface area contributed by atoms with E-state index in [1.165, 1.54) is 13.2 Å². The Morgan fingerprint density at radius 3 is 2.59 bits per heavy atom. The van der Waals surface area contributed by atoms with Gasteiger partial charge in [0.1, 0.15) is 0 Å². The molecule has 0 saturated heterocycles. The molecule has 0 fully saturated rings. The van der Waals surface area contributed by atoms with Gasteiger partial charge in [-0.15, -0.1) is 0 Å². The molecule has 1 aromatic carbocycles. The van der Waals surface area contributed by atoms with Gasteiger partial charge in [-0.05, 0) is 13.8 Å². The zero-order chi connectivity index (χ0) is 13.0. The zero-order valence-corrected chi connectivity index (χ0v) is 10.4. The predicted octanol–water partition coefficient (Wildman–Crippen LogP) is 1.62. The highest BCUT2D eigenvalue weighted by Crippen LogP contribution is 2.31. The minimum Gasteiger partial charge on any atom is -0.494 e. The van der Waals surface area contributed by atoms with Gasteiger partial charge in [0, 0.05) is 24.7 Å². The topological polar surface area (TPSA) is 58.7 Å². The number of methoxy groups -OCH3 is 1. The molecule has 0 radical (unpaired) electrons. The first kappa shape index (κ1) is 13.6. The zero-order valence-electron chi connectivity index (χ0n) is 10.4. The Morgan fingerprint density at radius 1 is 1.47 bits per heavy atom. The van der Waals surface area contributed by atoms with Crippen LogP contribution in [0.2, 0.25) is 0 Å². The molecule has 5 heteroatoms. The van der Waals surface area contributed by atoms with Crippen molar-refractivity contribution >= 4 is 11.4 Å². The molecule has 0 amide bonds. The molecule has 96 valence electrons. The number of nitrogens with zero attached hydrogens (tertiary/aromatic N) is 1. The molecule has 0 aliphatic heterocycles. The van der Waals surface area contributed by atoms with Crippen LogP contribution in [-0.4, -0.2) is 31.4 Å². The summed E-state index contributed by atoms with van der Waals surface area (Å²) in [6, 6.07) is 2.95. The van der Waals surface area contributed by atoms with Crippen LogP contribution in [0.3, 0.4) is 0 Å². The maximum absolute atomic E-state index is 13.4. The van der Waals surface area contributed by atoms with Gasteiger partial charge in [0.2, 0.25) is 0 Å². The maximum Gasteiger partial charge on any atom is 0.167 e. The lowest BCUT2D eigenvalue weighted by molar-refractivity contribution is 0.299. The summed E-state index contributed by atoms with van der Waals surface area (Å²) in [7, 11) is 1.41. The molecular weight excluding hydrogens is 223 g/mol. The number of hydrogen-bond acceptors (Lipinski definition) is 4.